The molecule has 0 aromatic carbocycles. The van der Waals surface area contributed by atoms with Gasteiger partial charge in [0, 0.05) is 31.2 Å². The molecule has 6 heteroatoms. The van der Waals surface area contributed by atoms with Gasteiger partial charge in [0.15, 0.2) is 0 Å². The van der Waals surface area contributed by atoms with Crippen molar-refractivity contribution in [2.75, 3.05) is 13.1 Å². The highest BCUT2D eigenvalue weighted by molar-refractivity contribution is 5.92. The van der Waals surface area contributed by atoms with E-state index in [0.29, 0.717) is 24.1 Å². The standard InChI is InChI=1S/C17H25N3O3/c1-17(2,3)23-16(22)19-13-7-6-11-9-20(10-12(11)13)15(21)14-5-4-8-18-14/h4-5,8,11-13,18H,6-7,9-10H2,1-3H3,(H,19,22)/t11-,12-,13+/m0/s1. The molecule has 1 aromatic rings. The molecule has 0 spiro atoms. The molecule has 3 rings (SSSR count). The Kier molecular flexibility index (Phi) is 4.08. The van der Waals surface area contributed by atoms with Crippen LogP contribution in [0.3, 0.4) is 0 Å². The highest BCUT2D eigenvalue weighted by Crippen LogP contribution is 2.38. The van der Waals surface area contributed by atoms with Crippen LogP contribution in [0.25, 0.3) is 0 Å². The van der Waals surface area contributed by atoms with Crippen molar-refractivity contribution >= 4 is 12.0 Å². The zero-order valence-corrected chi connectivity index (χ0v) is 14.0. The van der Waals surface area contributed by atoms with Gasteiger partial charge >= 0.3 is 6.09 Å². The van der Waals surface area contributed by atoms with Gasteiger partial charge in [-0.3, -0.25) is 4.79 Å². The maximum atomic E-state index is 12.4. The number of ether oxygens (including phenoxy) is 1. The third-order valence-corrected chi connectivity index (χ3v) is 4.67. The van der Waals surface area contributed by atoms with E-state index in [-0.39, 0.29) is 18.0 Å². The first kappa shape index (κ1) is 15.9. The number of hydrogen-bond acceptors (Lipinski definition) is 3. The Morgan fingerprint density at radius 3 is 2.74 bits per heavy atom. The number of likely N-dealkylation sites (tertiary alicyclic amines) is 1. The molecule has 3 atom stereocenters. The van der Waals surface area contributed by atoms with E-state index in [1.165, 1.54) is 0 Å². The molecule has 2 N–H and O–H groups in total. The molecule has 23 heavy (non-hydrogen) atoms. The lowest BCUT2D eigenvalue weighted by molar-refractivity contribution is 0.0491. The Labute approximate surface area is 136 Å². The van der Waals surface area contributed by atoms with Crippen LogP contribution in [0.1, 0.15) is 44.1 Å². The lowest BCUT2D eigenvalue weighted by Crippen LogP contribution is -2.42. The van der Waals surface area contributed by atoms with Crippen LogP contribution in [-0.2, 0) is 4.74 Å². The Morgan fingerprint density at radius 1 is 1.30 bits per heavy atom. The topological polar surface area (TPSA) is 74.4 Å². The third kappa shape index (κ3) is 3.51. The summed E-state index contributed by atoms with van der Waals surface area (Å²) in [7, 11) is 0. The lowest BCUT2D eigenvalue weighted by Gasteiger charge is -2.24. The van der Waals surface area contributed by atoms with E-state index in [4.69, 9.17) is 4.74 Å². The summed E-state index contributed by atoms with van der Waals surface area (Å²) < 4.78 is 5.35. The molecular formula is C17H25N3O3. The van der Waals surface area contributed by atoms with E-state index in [1.54, 1.807) is 12.3 Å². The van der Waals surface area contributed by atoms with Crippen LogP contribution < -0.4 is 5.32 Å². The van der Waals surface area contributed by atoms with Gasteiger partial charge in [0.25, 0.3) is 5.91 Å². The number of hydrogen-bond donors (Lipinski definition) is 2. The van der Waals surface area contributed by atoms with Crippen molar-refractivity contribution in [3.63, 3.8) is 0 Å². The Bertz CT molecular complexity index is 576. The van der Waals surface area contributed by atoms with E-state index in [2.05, 4.69) is 10.3 Å². The molecule has 0 unspecified atom stereocenters. The van der Waals surface area contributed by atoms with Crippen molar-refractivity contribution in [3.05, 3.63) is 24.0 Å². The average molecular weight is 319 g/mol. The predicted octanol–water partition coefficient (Wildman–Crippen LogP) is 2.39. The van der Waals surface area contributed by atoms with Crippen LogP contribution in [0.4, 0.5) is 4.79 Å². The predicted molar refractivity (Wildman–Crippen MR) is 86.1 cm³/mol. The largest absolute Gasteiger partial charge is 0.444 e. The number of nitrogens with zero attached hydrogens (tertiary/aromatic N) is 1. The van der Waals surface area contributed by atoms with Crippen LogP contribution in [0.5, 0.6) is 0 Å². The Morgan fingerprint density at radius 2 is 2.09 bits per heavy atom. The molecule has 1 aliphatic heterocycles. The summed E-state index contributed by atoms with van der Waals surface area (Å²) in [5.41, 5.74) is 0.134. The first-order chi connectivity index (χ1) is 10.8. The lowest BCUT2D eigenvalue weighted by atomic mass is 9.98. The van der Waals surface area contributed by atoms with Crippen LogP contribution in [0.15, 0.2) is 18.3 Å². The van der Waals surface area contributed by atoms with Crippen LogP contribution in [0.2, 0.25) is 0 Å². The fourth-order valence-electron chi connectivity index (χ4n) is 3.70. The third-order valence-electron chi connectivity index (χ3n) is 4.67. The van der Waals surface area contributed by atoms with Crippen molar-refractivity contribution in [1.82, 2.24) is 15.2 Å². The second kappa shape index (κ2) is 5.91. The summed E-state index contributed by atoms with van der Waals surface area (Å²) in [5.74, 6) is 0.829. The highest BCUT2D eigenvalue weighted by Gasteiger charge is 2.45. The molecule has 1 aliphatic carbocycles. The molecule has 2 fully saturated rings. The molecule has 2 aliphatic rings. The first-order valence-electron chi connectivity index (χ1n) is 8.25. The number of H-pyrrole nitrogens is 1. The summed E-state index contributed by atoms with van der Waals surface area (Å²) in [4.78, 5) is 29.3. The van der Waals surface area contributed by atoms with Crippen molar-refractivity contribution < 1.29 is 14.3 Å². The normalized spacial score (nSPS) is 26.9. The van der Waals surface area contributed by atoms with E-state index >= 15 is 0 Å². The van der Waals surface area contributed by atoms with Crippen molar-refractivity contribution in [1.29, 1.82) is 0 Å². The minimum atomic E-state index is -0.493. The number of nitrogens with one attached hydrogen (secondary N) is 2. The van der Waals surface area contributed by atoms with E-state index in [1.807, 2.05) is 31.7 Å². The summed E-state index contributed by atoms with van der Waals surface area (Å²) >= 11 is 0. The molecule has 1 saturated heterocycles. The van der Waals surface area contributed by atoms with E-state index in [0.717, 1.165) is 19.4 Å². The summed E-state index contributed by atoms with van der Waals surface area (Å²) in [5, 5.41) is 2.99. The molecule has 0 radical (unpaired) electrons. The van der Waals surface area contributed by atoms with Gasteiger partial charge in [0.1, 0.15) is 11.3 Å². The molecule has 2 heterocycles. The van der Waals surface area contributed by atoms with Crippen LogP contribution in [0, 0.1) is 11.8 Å². The summed E-state index contributed by atoms with van der Waals surface area (Å²) in [6.45, 7) is 7.04. The number of rotatable bonds is 2. The van der Waals surface area contributed by atoms with Gasteiger partial charge in [0.2, 0.25) is 0 Å². The highest BCUT2D eigenvalue weighted by atomic mass is 16.6. The number of alkyl carbamates (subject to hydrolysis) is 1. The van der Waals surface area contributed by atoms with E-state index < -0.39 is 5.60 Å². The summed E-state index contributed by atoms with van der Waals surface area (Å²) in [6, 6.07) is 3.72. The molecule has 6 nitrogen and oxygen atoms in total. The quantitative estimate of drug-likeness (QED) is 0.879. The van der Waals surface area contributed by atoms with Gasteiger partial charge in [0.05, 0.1) is 0 Å². The Hall–Kier alpha value is -1.98. The maximum absolute atomic E-state index is 12.4. The molecule has 1 aromatic heterocycles. The number of fused-ring (bicyclic) bond motifs is 1. The second-order valence-electron chi connectivity index (χ2n) is 7.55. The number of aromatic amines is 1. The first-order valence-corrected chi connectivity index (χ1v) is 8.25. The number of aromatic nitrogens is 1. The fraction of sp³-hybridized carbons (Fsp3) is 0.647. The average Bonchev–Trinajstić information content (AvgIpc) is 3.13. The van der Waals surface area contributed by atoms with Gasteiger partial charge in [-0.05, 0) is 51.7 Å². The van der Waals surface area contributed by atoms with Gasteiger partial charge in [-0.2, -0.15) is 0 Å². The maximum Gasteiger partial charge on any atom is 0.407 e. The smallest absolute Gasteiger partial charge is 0.407 e. The molecule has 126 valence electrons. The number of amides is 2. The minimum Gasteiger partial charge on any atom is -0.444 e. The van der Waals surface area contributed by atoms with Gasteiger partial charge in [-0.25, -0.2) is 4.79 Å². The summed E-state index contributed by atoms with van der Waals surface area (Å²) in [6.07, 6.45) is 3.40. The molecular weight excluding hydrogens is 294 g/mol. The van der Waals surface area contributed by atoms with Crippen LogP contribution >= 0.6 is 0 Å². The van der Waals surface area contributed by atoms with Gasteiger partial charge < -0.3 is 19.9 Å². The zero-order chi connectivity index (χ0) is 16.6. The van der Waals surface area contributed by atoms with Crippen LogP contribution in [-0.4, -0.2) is 46.6 Å². The van der Waals surface area contributed by atoms with Gasteiger partial charge in [-0.15, -0.1) is 0 Å². The number of carbonyl (C=O) groups excluding carboxylic acids is 2. The Balaban J connectivity index is 1.59. The van der Waals surface area contributed by atoms with Crippen molar-refractivity contribution in [2.24, 2.45) is 11.8 Å². The molecule has 0 bridgehead atoms. The number of carbonyl (C=O) groups is 2. The van der Waals surface area contributed by atoms with Crippen molar-refractivity contribution in [3.8, 4) is 0 Å². The van der Waals surface area contributed by atoms with Gasteiger partial charge in [-0.1, -0.05) is 0 Å². The molecule has 1 saturated carbocycles. The monoisotopic (exact) mass is 319 g/mol. The zero-order valence-electron chi connectivity index (χ0n) is 14.0. The molecule has 2 amide bonds. The second-order valence-corrected chi connectivity index (χ2v) is 7.55. The fourth-order valence-corrected chi connectivity index (χ4v) is 3.70. The SMILES string of the molecule is CC(C)(C)OC(=O)N[C@@H]1CC[C@H]2CN(C(=O)c3ccc[nH]3)C[C@@H]21. The minimum absolute atomic E-state index is 0.0421. The van der Waals surface area contributed by atoms with E-state index in [9.17, 15) is 9.59 Å². The van der Waals surface area contributed by atoms with Crippen molar-refractivity contribution in [2.45, 2.75) is 45.3 Å².